The van der Waals surface area contributed by atoms with Crippen molar-refractivity contribution in [3.63, 3.8) is 0 Å². The highest BCUT2D eigenvalue weighted by Gasteiger charge is 2.32. The summed E-state index contributed by atoms with van der Waals surface area (Å²) in [5, 5.41) is 5.77. The van der Waals surface area contributed by atoms with Crippen molar-refractivity contribution in [2.45, 2.75) is 39.2 Å². The second-order valence-electron chi connectivity index (χ2n) is 5.55. The van der Waals surface area contributed by atoms with Crippen LogP contribution in [-0.4, -0.2) is 52.4 Å². The summed E-state index contributed by atoms with van der Waals surface area (Å²) in [5.74, 6) is 0.270. The Labute approximate surface area is 134 Å². The van der Waals surface area contributed by atoms with Gasteiger partial charge < -0.3 is 15.5 Å². The maximum Gasteiger partial charge on any atom is 0.252 e. The van der Waals surface area contributed by atoms with E-state index in [9.17, 15) is 14.4 Å². The van der Waals surface area contributed by atoms with E-state index in [4.69, 9.17) is 0 Å². The van der Waals surface area contributed by atoms with E-state index in [1.165, 1.54) is 6.07 Å². The number of carbonyl (C=O) groups excluding carboxylic acids is 2. The molecule has 23 heavy (non-hydrogen) atoms. The van der Waals surface area contributed by atoms with E-state index in [0.29, 0.717) is 44.1 Å². The van der Waals surface area contributed by atoms with Gasteiger partial charge in [-0.25, -0.2) is 4.98 Å². The van der Waals surface area contributed by atoms with Gasteiger partial charge in [-0.2, -0.15) is 0 Å². The Balaban J connectivity index is 1.78. The SMILES string of the molecule is CCC(=O)N1CCC[C@H]1C(=O)NCCNc1nc(C)cc(=O)[nH]1. The van der Waals surface area contributed by atoms with Crippen LogP contribution < -0.4 is 16.2 Å². The fourth-order valence-corrected chi connectivity index (χ4v) is 2.69. The molecule has 1 aliphatic rings. The van der Waals surface area contributed by atoms with E-state index in [2.05, 4.69) is 20.6 Å². The van der Waals surface area contributed by atoms with Crippen molar-refractivity contribution in [3.05, 3.63) is 22.1 Å². The number of hydrogen-bond donors (Lipinski definition) is 3. The van der Waals surface area contributed by atoms with Crippen molar-refractivity contribution < 1.29 is 9.59 Å². The van der Waals surface area contributed by atoms with Crippen LogP contribution in [0.15, 0.2) is 10.9 Å². The van der Waals surface area contributed by atoms with Crippen molar-refractivity contribution in [1.29, 1.82) is 0 Å². The number of H-pyrrole nitrogens is 1. The number of nitrogens with one attached hydrogen (secondary N) is 3. The van der Waals surface area contributed by atoms with E-state index in [0.717, 1.165) is 6.42 Å². The third kappa shape index (κ3) is 4.54. The molecule has 2 heterocycles. The third-order valence-electron chi connectivity index (χ3n) is 3.76. The van der Waals surface area contributed by atoms with E-state index in [1.807, 2.05) is 0 Å². The first-order valence-corrected chi connectivity index (χ1v) is 7.90. The van der Waals surface area contributed by atoms with Gasteiger partial charge in [-0.15, -0.1) is 0 Å². The van der Waals surface area contributed by atoms with Crippen LogP contribution in [-0.2, 0) is 9.59 Å². The minimum Gasteiger partial charge on any atom is -0.354 e. The molecule has 3 N–H and O–H groups in total. The summed E-state index contributed by atoms with van der Waals surface area (Å²) in [6.07, 6.45) is 1.98. The Hall–Kier alpha value is -2.38. The Morgan fingerprint density at radius 1 is 1.43 bits per heavy atom. The molecule has 8 heteroatoms. The first-order chi connectivity index (χ1) is 11.0. The van der Waals surface area contributed by atoms with Gasteiger partial charge in [0.15, 0.2) is 0 Å². The quantitative estimate of drug-likeness (QED) is 0.640. The summed E-state index contributed by atoms with van der Waals surface area (Å²) in [5.41, 5.74) is 0.406. The second kappa shape index (κ2) is 7.75. The molecule has 8 nitrogen and oxygen atoms in total. The van der Waals surface area contributed by atoms with Crippen LogP contribution in [0.4, 0.5) is 5.95 Å². The molecule has 0 aromatic carbocycles. The Kier molecular flexibility index (Phi) is 5.72. The smallest absolute Gasteiger partial charge is 0.252 e. The highest BCUT2D eigenvalue weighted by Crippen LogP contribution is 2.18. The average molecular weight is 321 g/mol. The molecule has 1 aliphatic heterocycles. The molecule has 0 unspecified atom stereocenters. The summed E-state index contributed by atoms with van der Waals surface area (Å²) in [4.78, 5) is 43.7. The molecule has 1 aromatic rings. The van der Waals surface area contributed by atoms with Crippen LogP contribution in [0.1, 0.15) is 31.9 Å². The van der Waals surface area contributed by atoms with E-state index in [1.54, 1.807) is 18.7 Å². The predicted molar refractivity (Wildman–Crippen MR) is 86.1 cm³/mol. The van der Waals surface area contributed by atoms with Crippen LogP contribution in [0.25, 0.3) is 0 Å². The van der Waals surface area contributed by atoms with E-state index in [-0.39, 0.29) is 23.4 Å². The molecule has 1 atom stereocenters. The van der Waals surface area contributed by atoms with Gasteiger partial charge in [0, 0.05) is 37.8 Å². The lowest BCUT2D eigenvalue weighted by atomic mass is 10.2. The van der Waals surface area contributed by atoms with Crippen molar-refractivity contribution in [3.8, 4) is 0 Å². The predicted octanol–water partition coefficient (Wildman–Crippen LogP) is 0.00742. The fraction of sp³-hybridized carbons (Fsp3) is 0.600. The van der Waals surface area contributed by atoms with Crippen LogP contribution in [0.3, 0.4) is 0 Å². The molecular weight excluding hydrogens is 298 g/mol. The maximum atomic E-state index is 12.2. The van der Waals surface area contributed by atoms with Gasteiger partial charge in [-0.3, -0.25) is 19.4 Å². The molecule has 0 saturated carbocycles. The lowest BCUT2D eigenvalue weighted by molar-refractivity contribution is -0.138. The molecule has 126 valence electrons. The number of likely N-dealkylation sites (tertiary alicyclic amines) is 1. The normalized spacial score (nSPS) is 17.1. The summed E-state index contributed by atoms with van der Waals surface area (Å²) in [6.45, 7) is 5.02. The molecule has 1 fully saturated rings. The van der Waals surface area contributed by atoms with Crippen LogP contribution in [0.5, 0.6) is 0 Å². The minimum atomic E-state index is -0.362. The van der Waals surface area contributed by atoms with Crippen molar-refractivity contribution in [2.75, 3.05) is 25.0 Å². The highest BCUT2D eigenvalue weighted by molar-refractivity contribution is 5.88. The van der Waals surface area contributed by atoms with E-state index >= 15 is 0 Å². The zero-order valence-electron chi connectivity index (χ0n) is 13.5. The molecule has 0 spiro atoms. The summed E-state index contributed by atoms with van der Waals surface area (Å²) >= 11 is 0. The Morgan fingerprint density at radius 2 is 2.22 bits per heavy atom. The van der Waals surface area contributed by atoms with Crippen LogP contribution in [0, 0.1) is 6.92 Å². The number of aromatic amines is 1. The number of nitrogens with zero attached hydrogens (tertiary/aromatic N) is 2. The number of anilines is 1. The largest absolute Gasteiger partial charge is 0.354 e. The summed E-state index contributed by atoms with van der Waals surface area (Å²) in [6, 6.07) is 1.05. The van der Waals surface area contributed by atoms with Gasteiger partial charge in [-0.05, 0) is 19.8 Å². The van der Waals surface area contributed by atoms with Gasteiger partial charge in [-0.1, -0.05) is 6.92 Å². The average Bonchev–Trinajstić information content (AvgIpc) is 2.99. The first kappa shape index (κ1) is 17.0. The zero-order valence-corrected chi connectivity index (χ0v) is 13.5. The third-order valence-corrected chi connectivity index (χ3v) is 3.76. The minimum absolute atomic E-state index is 0.0160. The maximum absolute atomic E-state index is 12.2. The van der Waals surface area contributed by atoms with Gasteiger partial charge in [0.25, 0.3) is 5.56 Å². The van der Waals surface area contributed by atoms with Crippen LogP contribution >= 0.6 is 0 Å². The van der Waals surface area contributed by atoms with Crippen molar-refractivity contribution >= 4 is 17.8 Å². The molecule has 0 aliphatic carbocycles. The zero-order chi connectivity index (χ0) is 16.8. The second-order valence-corrected chi connectivity index (χ2v) is 5.55. The molecule has 2 rings (SSSR count). The Bertz CT molecular complexity index is 628. The van der Waals surface area contributed by atoms with E-state index < -0.39 is 0 Å². The number of hydrogen-bond acceptors (Lipinski definition) is 5. The number of carbonyl (C=O) groups is 2. The van der Waals surface area contributed by atoms with Crippen molar-refractivity contribution in [1.82, 2.24) is 20.2 Å². The van der Waals surface area contributed by atoms with Gasteiger partial charge in [0.2, 0.25) is 17.8 Å². The van der Waals surface area contributed by atoms with Crippen molar-refractivity contribution in [2.24, 2.45) is 0 Å². The van der Waals surface area contributed by atoms with Gasteiger partial charge >= 0.3 is 0 Å². The number of amides is 2. The topological polar surface area (TPSA) is 107 Å². The lowest BCUT2D eigenvalue weighted by Crippen LogP contribution is -2.46. The molecule has 0 bridgehead atoms. The Morgan fingerprint density at radius 3 is 2.91 bits per heavy atom. The fourth-order valence-electron chi connectivity index (χ4n) is 2.69. The first-order valence-electron chi connectivity index (χ1n) is 7.90. The van der Waals surface area contributed by atoms with Gasteiger partial charge in [0.05, 0.1) is 0 Å². The molecular formula is C15H23N5O3. The number of aromatic nitrogens is 2. The molecule has 1 aromatic heterocycles. The molecule has 2 amide bonds. The molecule has 0 radical (unpaired) electrons. The highest BCUT2D eigenvalue weighted by atomic mass is 16.2. The molecule has 1 saturated heterocycles. The summed E-state index contributed by atoms with van der Waals surface area (Å²) < 4.78 is 0. The van der Waals surface area contributed by atoms with Gasteiger partial charge in [0.1, 0.15) is 6.04 Å². The number of rotatable bonds is 6. The summed E-state index contributed by atoms with van der Waals surface area (Å²) in [7, 11) is 0. The van der Waals surface area contributed by atoms with Crippen LogP contribution in [0.2, 0.25) is 0 Å². The monoisotopic (exact) mass is 321 g/mol. The lowest BCUT2D eigenvalue weighted by Gasteiger charge is -2.23. The standard InChI is InChI=1S/C15H23N5O3/c1-3-13(22)20-8-4-5-11(20)14(23)16-6-7-17-15-18-10(2)9-12(21)19-15/h9,11H,3-8H2,1-2H3,(H,16,23)(H2,17,18,19,21)/t11-/m0/s1. The number of aryl methyl sites for hydroxylation is 1.